The third kappa shape index (κ3) is 4.07. The van der Waals surface area contributed by atoms with Gasteiger partial charge in [0.15, 0.2) is 0 Å². The molecule has 3 N–H and O–H groups in total. The van der Waals surface area contributed by atoms with Gasteiger partial charge in [-0.2, -0.15) is 0 Å². The van der Waals surface area contributed by atoms with Crippen LogP contribution in [0, 0.1) is 0 Å². The van der Waals surface area contributed by atoms with E-state index in [4.69, 9.17) is 10.2 Å². The summed E-state index contributed by atoms with van der Waals surface area (Å²) in [6.45, 7) is 0. The Balaban J connectivity index is 1.68. The molecule has 1 heterocycles. The second kappa shape index (κ2) is 7.75. The number of nitrogens with one attached hydrogen (secondary N) is 1. The van der Waals surface area contributed by atoms with Crippen molar-refractivity contribution in [1.82, 2.24) is 4.57 Å². The third-order valence-electron chi connectivity index (χ3n) is 4.14. The van der Waals surface area contributed by atoms with Gasteiger partial charge in [0, 0.05) is 30.1 Å². The van der Waals surface area contributed by atoms with Gasteiger partial charge >= 0.3 is 11.9 Å². The standard InChI is InChI=1S/C20H16N2O6/c23-17(21-15-10-13(19(25)26)9-14(11-15)20(27)28)5-6-18(24)22-8-7-12-3-1-2-4-16(12)22/h1-4,7-11H,5-6H2,(H,21,23)(H,25,26)(H,27,28). The van der Waals surface area contributed by atoms with Crippen molar-refractivity contribution in [3.8, 4) is 0 Å². The molecule has 0 fully saturated rings. The molecule has 8 nitrogen and oxygen atoms in total. The summed E-state index contributed by atoms with van der Waals surface area (Å²) in [5.74, 6) is -3.41. The van der Waals surface area contributed by atoms with Crippen molar-refractivity contribution in [1.29, 1.82) is 0 Å². The van der Waals surface area contributed by atoms with E-state index in [0.29, 0.717) is 0 Å². The first kappa shape index (κ1) is 18.8. The first-order chi connectivity index (χ1) is 13.3. The number of aromatic carboxylic acids is 2. The molecule has 0 bridgehead atoms. The van der Waals surface area contributed by atoms with Crippen LogP contribution >= 0.6 is 0 Å². The number of para-hydroxylation sites is 1. The van der Waals surface area contributed by atoms with E-state index >= 15 is 0 Å². The maximum Gasteiger partial charge on any atom is 0.335 e. The van der Waals surface area contributed by atoms with Gasteiger partial charge in [0.05, 0.1) is 16.6 Å². The second-order valence-corrected chi connectivity index (χ2v) is 6.10. The molecule has 0 radical (unpaired) electrons. The normalized spacial score (nSPS) is 10.6. The van der Waals surface area contributed by atoms with Crippen LogP contribution in [0.1, 0.15) is 38.4 Å². The first-order valence-corrected chi connectivity index (χ1v) is 8.36. The number of benzene rings is 2. The maximum atomic E-state index is 12.4. The number of aromatic nitrogens is 1. The van der Waals surface area contributed by atoms with E-state index in [1.54, 1.807) is 18.3 Å². The van der Waals surface area contributed by atoms with Gasteiger partial charge in [0.25, 0.3) is 0 Å². The molecule has 0 saturated carbocycles. The number of hydrogen-bond donors (Lipinski definition) is 3. The number of carbonyl (C=O) groups is 4. The molecule has 1 aromatic heterocycles. The highest BCUT2D eigenvalue weighted by atomic mass is 16.4. The lowest BCUT2D eigenvalue weighted by atomic mass is 10.1. The smallest absolute Gasteiger partial charge is 0.335 e. The molecule has 142 valence electrons. The summed E-state index contributed by atoms with van der Waals surface area (Å²) >= 11 is 0. The van der Waals surface area contributed by atoms with Crippen molar-refractivity contribution in [3.63, 3.8) is 0 Å². The van der Waals surface area contributed by atoms with Gasteiger partial charge in [-0.3, -0.25) is 14.2 Å². The minimum absolute atomic E-state index is 0.0427. The van der Waals surface area contributed by atoms with Crippen molar-refractivity contribution < 1.29 is 29.4 Å². The number of carbonyl (C=O) groups excluding carboxylic acids is 2. The van der Waals surface area contributed by atoms with Crippen LogP contribution in [0.4, 0.5) is 5.69 Å². The Morgan fingerprint density at radius 2 is 1.50 bits per heavy atom. The fourth-order valence-corrected chi connectivity index (χ4v) is 2.81. The van der Waals surface area contributed by atoms with Crippen LogP contribution in [-0.2, 0) is 4.79 Å². The quantitative estimate of drug-likeness (QED) is 0.603. The predicted molar refractivity (Wildman–Crippen MR) is 101 cm³/mol. The highest BCUT2D eigenvalue weighted by Crippen LogP contribution is 2.18. The molecular weight excluding hydrogens is 364 g/mol. The molecule has 3 aromatic rings. The number of amides is 1. The number of rotatable bonds is 6. The van der Waals surface area contributed by atoms with Gasteiger partial charge in [-0.05, 0) is 30.3 Å². The molecule has 0 aliphatic rings. The van der Waals surface area contributed by atoms with Crippen molar-refractivity contribution in [2.45, 2.75) is 12.8 Å². The minimum atomic E-state index is -1.31. The molecule has 2 aromatic carbocycles. The third-order valence-corrected chi connectivity index (χ3v) is 4.14. The summed E-state index contributed by atoms with van der Waals surface area (Å²) in [7, 11) is 0. The van der Waals surface area contributed by atoms with Crippen LogP contribution in [-0.4, -0.2) is 38.5 Å². The second-order valence-electron chi connectivity index (χ2n) is 6.10. The van der Waals surface area contributed by atoms with Crippen LogP contribution in [0.25, 0.3) is 10.9 Å². The molecule has 0 saturated heterocycles. The fraction of sp³-hybridized carbons (Fsp3) is 0.100. The summed E-state index contributed by atoms with van der Waals surface area (Å²) in [4.78, 5) is 46.8. The number of fused-ring (bicyclic) bond motifs is 1. The molecule has 28 heavy (non-hydrogen) atoms. The van der Waals surface area contributed by atoms with Crippen molar-refractivity contribution in [2.24, 2.45) is 0 Å². The molecule has 0 aliphatic carbocycles. The summed E-state index contributed by atoms with van der Waals surface area (Å²) in [6, 6.07) is 12.5. The molecule has 8 heteroatoms. The summed E-state index contributed by atoms with van der Waals surface area (Å²) in [6.07, 6.45) is 1.44. The van der Waals surface area contributed by atoms with Gasteiger partial charge in [0.2, 0.25) is 11.8 Å². The van der Waals surface area contributed by atoms with Crippen molar-refractivity contribution >= 4 is 40.3 Å². The number of hydrogen-bond acceptors (Lipinski definition) is 4. The molecular formula is C20H16N2O6. The summed E-state index contributed by atoms with van der Waals surface area (Å²) < 4.78 is 1.47. The lowest BCUT2D eigenvalue weighted by Crippen LogP contribution is -2.17. The zero-order valence-electron chi connectivity index (χ0n) is 14.6. The average molecular weight is 380 g/mol. The van der Waals surface area contributed by atoms with E-state index in [1.807, 2.05) is 18.2 Å². The highest BCUT2D eigenvalue weighted by Gasteiger charge is 2.15. The molecule has 1 amide bonds. The van der Waals surface area contributed by atoms with E-state index in [9.17, 15) is 19.2 Å². The molecule has 3 rings (SSSR count). The summed E-state index contributed by atoms with van der Waals surface area (Å²) in [5.41, 5.74) is 0.268. The SMILES string of the molecule is O=C(CCC(=O)n1ccc2ccccc21)Nc1cc(C(=O)O)cc(C(=O)O)c1. The fourth-order valence-electron chi connectivity index (χ4n) is 2.81. The largest absolute Gasteiger partial charge is 0.478 e. The van der Waals surface area contributed by atoms with Crippen LogP contribution in [0.3, 0.4) is 0 Å². The Bertz CT molecular complexity index is 1070. The lowest BCUT2D eigenvalue weighted by molar-refractivity contribution is -0.116. The van der Waals surface area contributed by atoms with Crippen LogP contribution in [0.15, 0.2) is 54.7 Å². The Labute approximate surface area is 159 Å². The number of nitrogens with zero attached hydrogens (tertiary/aromatic N) is 1. The maximum absolute atomic E-state index is 12.4. The first-order valence-electron chi connectivity index (χ1n) is 8.36. The van der Waals surface area contributed by atoms with Crippen LogP contribution in [0.5, 0.6) is 0 Å². The van der Waals surface area contributed by atoms with E-state index in [-0.39, 0.29) is 35.6 Å². The molecule has 0 unspecified atom stereocenters. The van der Waals surface area contributed by atoms with Crippen molar-refractivity contribution in [2.75, 3.05) is 5.32 Å². The van der Waals surface area contributed by atoms with Crippen LogP contribution < -0.4 is 5.32 Å². The highest BCUT2D eigenvalue weighted by molar-refractivity contribution is 6.00. The molecule has 0 spiro atoms. The Morgan fingerprint density at radius 3 is 2.14 bits per heavy atom. The average Bonchev–Trinajstić information content (AvgIpc) is 3.10. The lowest BCUT2D eigenvalue weighted by Gasteiger charge is -2.08. The zero-order valence-corrected chi connectivity index (χ0v) is 14.6. The Morgan fingerprint density at radius 1 is 0.857 bits per heavy atom. The van der Waals surface area contributed by atoms with E-state index < -0.39 is 17.8 Å². The Hall–Kier alpha value is -3.94. The number of carboxylic acid groups (broad SMARTS) is 2. The minimum Gasteiger partial charge on any atom is -0.478 e. The number of carboxylic acids is 2. The Kier molecular flexibility index (Phi) is 5.21. The van der Waals surface area contributed by atoms with Crippen molar-refractivity contribution in [3.05, 3.63) is 65.9 Å². The zero-order chi connectivity index (χ0) is 20.3. The molecule has 0 atom stereocenters. The van der Waals surface area contributed by atoms with Gasteiger partial charge in [-0.1, -0.05) is 18.2 Å². The van der Waals surface area contributed by atoms with Gasteiger partial charge in [0.1, 0.15) is 0 Å². The van der Waals surface area contributed by atoms with Gasteiger partial charge < -0.3 is 15.5 Å². The van der Waals surface area contributed by atoms with E-state index in [0.717, 1.165) is 29.1 Å². The predicted octanol–water partition coefficient (Wildman–Crippen LogP) is 3.10. The van der Waals surface area contributed by atoms with E-state index in [2.05, 4.69) is 5.32 Å². The van der Waals surface area contributed by atoms with Crippen LogP contribution in [0.2, 0.25) is 0 Å². The topological polar surface area (TPSA) is 126 Å². The van der Waals surface area contributed by atoms with Gasteiger partial charge in [-0.15, -0.1) is 0 Å². The number of anilines is 1. The monoisotopic (exact) mass is 380 g/mol. The summed E-state index contributed by atoms with van der Waals surface area (Å²) in [5, 5.41) is 21.5. The molecule has 0 aliphatic heterocycles. The van der Waals surface area contributed by atoms with E-state index in [1.165, 1.54) is 4.57 Å². The van der Waals surface area contributed by atoms with Gasteiger partial charge in [-0.25, -0.2) is 9.59 Å².